The maximum Gasteiger partial charge on any atom is 0.276 e. The van der Waals surface area contributed by atoms with E-state index in [1.54, 1.807) is 13.1 Å². The lowest BCUT2D eigenvalue weighted by molar-refractivity contribution is 0.101. The highest BCUT2D eigenvalue weighted by molar-refractivity contribution is 6.29. The van der Waals surface area contributed by atoms with E-state index in [4.69, 9.17) is 16.3 Å². The van der Waals surface area contributed by atoms with Crippen LogP contribution in [0.3, 0.4) is 0 Å². The van der Waals surface area contributed by atoms with E-state index in [0.717, 1.165) is 12.1 Å². The molecule has 2 heterocycles. The molecule has 2 rings (SSSR count). The van der Waals surface area contributed by atoms with Crippen molar-refractivity contribution in [3.63, 3.8) is 0 Å². The molecule has 0 saturated carbocycles. The maximum absolute atomic E-state index is 12.1. The van der Waals surface area contributed by atoms with Crippen molar-refractivity contribution in [1.29, 1.82) is 0 Å². The van der Waals surface area contributed by atoms with E-state index >= 15 is 0 Å². The minimum Gasteiger partial charge on any atom is -0.481 e. The summed E-state index contributed by atoms with van der Waals surface area (Å²) in [6, 6.07) is 3.17. The Bertz CT molecular complexity index is 641. The first kappa shape index (κ1) is 14.3. The molecular weight excluding hydrogens is 282 g/mol. The molecule has 0 radical (unpaired) electrons. The molecule has 0 fully saturated rings. The first-order valence-corrected chi connectivity index (χ1v) is 6.34. The van der Waals surface area contributed by atoms with Gasteiger partial charge in [0.15, 0.2) is 0 Å². The molecular formula is C12H14ClN5O2. The van der Waals surface area contributed by atoms with Crippen LogP contribution in [0.15, 0.2) is 12.1 Å². The highest BCUT2D eigenvalue weighted by atomic mass is 35.5. The molecule has 0 aliphatic heterocycles. The highest BCUT2D eigenvalue weighted by Crippen LogP contribution is 2.16. The first-order valence-electron chi connectivity index (χ1n) is 5.96. The Hall–Kier alpha value is -2.15. The number of aromatic nitrogens is 4. The van der Waals surface area contributed by atoms with Crippen LogP contribution >= 0.6 is 11.6 Å². The summed E-state index contributed by atoms with van der Waals surface area (Å²) in [6.45, 7) is 1.97. The summed E-state index contributed by atoms with van der Waals surface area (Å²) in [5.74, 6) is 0.00201. The van der Waals surface area contributed by atoms with Crippen LogP contribution in [0.25, 0.3) is 0 Å². The van der Waals surface area contributed by atoms with Crippen LogP contribution in [-0.4, -0.2) is 32.8 Å². The Morgan fingerprint density at radius 2 is 2.20 bits per heavy atom. The molecule has 2 aromatic rings. The Morgan fingerprint density at radius 1 is 1.45 bits per heavy atom. The Balaban J connectivity index is 2.22. The molecule has 0 aliphatic carbocycles. The summed E-state index contributed by atoms with van der Waals surface area (Å²) in [6.07, 6.45) is 0.753. The number of halogens is 1. The normalized spacial score (nSPS) is 10.4. The van der Waals surface area contributed by atoms with E-state index in [0.29, 0.717) is 5.69 Å². The molecule has 2 aromatic heterocycles. The zero-order chi connectivity index (χ0) is 14.7. The molecule has 0 atom stereocenters. The first-order chi connectivity index (χ1) is 9.53. The van der Waals surface area contributed by atoms with Crippen LogP contribution in [0.1, 0.15) is 23.1 Å². The second-order valence-corrected chi connectivity index (χ2v) is 4.40. The van der Waals surface area contributed by atoms with Gasteiger partial charge in [-0.1, -0.05) is 18.5 Å². The summed E-state index contributed by atoms with van der Waals surface area (Å²) < 4.78 is 6.47. The fraction of sp³-hybridized carbons (Fsp3) is 0.333. The molecule has 20 heavy (non-hydrogen) atoms. The van der Waals surface area contributed by atoms with Crippen molar-refractivity contribution in [3.8, 4) is 5.88 Å². The van der Waals surface area contributed by atoms with E-state index in [2.05, 4.69) is 20.4 Å². The summed E-state index contributed by atoms with van der Waals surface area (Å²) in [4.78, 5) is 20.1. The van der Waals surface area contributed by atoms with Gasteiger partial charge in [-0.3, -0.25) is 14.8 Å². The van der Waals surface area contributed by atoms with Crippen molar-refractivity contribution in [2.75, 3.05) is 12.4 Å². The van der Waals surface area contributed by atoms with E-state index in [1.807, 2.05) is 6.92 Å². The maximum atomic E-state index is 12.1. The average Bonchev–Trinajstić information content (AvgIpc) is 2.79. The van der Waals surface area contributed by atoms with Crippen LogP contribution in [0.4, 0.5) is 5.95 Å². The van der Waals surface area contributed by atoms with Gasteiger partial charge in [-0.15, -0.1) is 0 Å². The summed E-state index contributed by atoms with van der Waals surface area (Å²) in [5.41, 5.74) is 1.26. The fourth-order valence-corrected chi connectivity index (χ4v) is 1.81. The van der Waals surface area contributed by atoms with Gasteiger partial charge in [-0.25, -0.2) is 4.98 Å². The Morgan fingerprint density at radius 3 is 2.80 bits per heavy atom. The number of hydrogen-bond acceptors (Lipinski definition) is 5. The van der Waals surface area contributed by atoms with E-state index in [9.17, 15) is 4.79 Å². The lowest BCUT2D eigenvalue weighted by atomic mass is 10.3. The number of nitrogens with one attached hydrogen (secondary N) is 1. The lowest BCUT2D eigenvalue weighted by Crippen LogP contribution is -2.17. The summed E-state index contributed by atoms with van der Waals surface area (Å²) >= 11 is 5.82. The number of methoxy groups -OCH3 is 1. The second-order valence-electron chi connectivity index (χ2n) is 4.01. The van der Waals surface area contributed by atoms with Crippen LogP contribution in [0.5, 0.6) is 5.88 Å². The zero-order valence-corrected chi connectivity index (χ0v) is 12.1. The van der Waals surface area contributed by atoms with Crippen molar-refractivity contribution in [3.05, 3.63) is 28.7 Å². The summed E-state index contributed by atoms with van der Waals surface area (Å²) in [7, 11) is 3.16. The Kier molecular flexibility index (Phi) is 4.19. The van der Waals surface area contributed by atoms with Crippen molar-refractivity contribution < 1.29 is 9.53 Å². The van der Waals surface area contributed by atoms with Gasteiger partial charge >= 0.3 is 0 Å². The summed E-state index contributed by atoms with van der Waals surface area (Å²) in [5, 5.41) is 6.96. The van der Waals surface area contributed by atoms with Crippen molar-refractivity contribution >= 4 is 23.5 Å². The van der Waals surface area contributed by atoms with Gasteiger partial charge in [-0.2, -0.15) is 10.1 Å². The van der Waals surface area contributed by atoms with Crippen LogP contribution in [-0.2, 0) is 13.5 Å². The number of nitrogens with zero attached hydrogens (tertiary/aromatic N) is 4. The van der Waals surface area contributed by atoms with Crippen molar-refractivity contribution in [2.24, 2.45) is 7.05 Å². The smallest absolute Gasteiger partial charge is 0.276 e. The molecule has 0 aliphatic rings. The third-order valence-corrected chi connectivity index (χ3v) is 2.82. The van der Waals surface area contributed by atoms with Crippen molar-refractivity contribution in [1.82, 2.24) is 19.7 Å². The molecule has 1 amide bonds. The number of aryl methyl sites for hydroxylation is 2. The molecule has 7 nitrogen and oxygen atoms in total. The molecule has 1 N–H and O–H groups in total. The third-order valence-electron chi connectivity index (χ3n) is 2.63. The fourth-order valence-electron chi connectivity index (χ4n) is 1.63. The number of carbonyl (C=O) groups is 1. The van der Waals surface area contributed by atoms with Gasteiger partial charge < -0.3 is 4.74 Å². The monoisotopic (exact) mass is 295 g/mol. The molecule has 0 bridgehead atoms. The van der Waals surface area contributed by atoms with Gasteiger partial charge in [0.25, 0.3) is 5.91 Å². The number of hydrogen-bond donors (Lipinski definition) is 1. The van der Waals surface area contributed by atoms with Gasteiger partial charge in [0.2, 0.25) is 11.8 Å². The molecule has 106 valence electrons. The average molecular weight is 296 g/mol. The highest BCUT2D eigenvalue weighted by Gasteiger charge is 2.15. The molecule has 0 aromatic carbocycles. The Labute approximate surface area is 120 Å². The van der Waals surface area contributed by atoms with E-state index < -0.39 is 0 Å². The number of rotatable bonds is 4. The minimum atomic E-state index is -0.357. The number of carbonyl (C=O) groups excluding carboxylic acids is 1. The minimum absolute atomic E-state index is 0.0820. The van der Waals surface area contributed by atoms with Crippen LogP contribution < -0.4 is 10.1 Å². The van der Waals surface area contributed by atoms with Crippen molar-refractivity contribution in [2.45, 2.75) is 13.3 Å². The SMILES string of the molecule is CCc1cc(C(=O)Nc2nc(Cl)cc(OC)n2)n(C)n1. The number of anilines is 1. The van der Waals surface area contributed by atoms with Gasteiger partial charge in [-0.05, 0) is 12.5 Å². The number of amides is 1. The predicted molar refractivity (Wildman–Crippen MR) is 74.1 cm³/mol. The lowest BCUT2D eigenvalue weighted by Gasteiger charge is -2.05. The van der Waals surface area contributed by atoms with Gasteiger partial charge in [0, 0.05) is 13.1 Å². The molecule has 0 saturated heterocycles. The number of ether oxygens (including phenoxy) is 1. The third kappa shape index (κ3) is 3.05. The van der Waals surface area contributed by atoms with Crippen LogP contribution in [0.2, 0.25) is 5.15 Å². The topological polar surface area (TPSA) is 81.9 Å². The quantitative estimate of drug-likeness (QED) is 0.868. The van der Waals surface area contributed by atoms with E-state index in [1.165, 1.54) is 17.9 Å². The van der Waals surface area contributed by atoms with E-state index in [-0.39, 0.29) is 22.9 Å². The molecule has 0 spiro atoms. The molecule has 0 unspecified atom stereocenters. The molecule has 8 heteroatoms. The van der Waals surface area contributed by atoms with Crippen LogP contribution in [0, 0.1) is 0 Å². The standard InChI is InChI=1S/C12H14ClN5O2/c1-4-7-5-8(18(2)17-7)11(19)16-12-14-9(13)6-10(15-12)20-3/h5-6H,4H2,1-3H3,(H,14,15,16,19). The zero-order valence-electron chi connectivity index (χ0n) is 11.3. The second kappa shape index (κ2) is 5.87. The van der Waals surface area contributed by atoms with Gasteiger partial charge in [0.1, 0.15) is 10.8 Å². The largest absolute Gasteiger partial charge is 0.481 e. The predicted octanol–water partition coefficient (Wildman–Crippen LogP) is 1.69. The van der Waals surface area contributed by atoms with Gasteiger partial charge in [0.05, 0.1) is 12.8 Å².